The summed E-state index contributed by atoms with van der Waals surface area (Å²) in [6.07, 6.45) is 3.15. The molecule has 0 heterocycles. The molecule has 0 N–H and O–H groups in total. The first-order chi connectivity index (χ1) is 27.0. The Hall–Kier alpha value is -3.67. The number of benzene rings is 4. The van der Waals surface area contributed by atoms with Crippen molar-refractivity contribution in [2.24, 2.45) is 11.8 Å². The minimum atomic E-state index is -2.71. The van der Waals surface area contributed by atoms with Crippen LogP contribution in [0, 0.1) is 11.8 Å². The van der Waals surface area contributed by atoms with E-state index >= 15 is 0 Å². The maximum absolute atomic E-state index is 12.7. The molecule has 4 rings (SSSR count). The number of hydrogen-bond acceptors (Lipinski definition) is 7. The van der Waals surface area contributed by atoms with Crippen molar-refractivity contribution in [2.45, 2.75) is 97.2 Å². The predicted molar refractivity (Wildman–Crippen MR) is 227 cm³/mol. The van der Waals surface area contributed by atoms with Gasteiger partial charge in [-0.05, 0) is 64.1 Å². The quantitative estimate of drug-likeness (QED) is 0.0288. The van der Waals surface area contributed by atoms with Crippen LogP contribution < -0.4 is 10.4 Å². The van der Waals surface area contributed by atoms with Gasteiger partial charge in [0.15, 0.2) is 0 Å². The average molecular weight is 784 g/mol. The van der Waals surface area contributed by atoms with E-state index in [1.54, 1.807) is 7.05 Å². The Morgan fingerprint density at radius 2 is 1.07 bits per heavy atom. The highest BCUT2D eigenvalue weighted by molar-refractivity contribution is 6.99. The molecule has 4 atom stereocenters. The molecule has 0 unspecified atom stereocenters. The van der Waals surface area contributed by atoms with Crippen molar-refractivity contribution < 1.29 is 33.0 Å². The number of hydroxylamine groups is 2. The normalized spacial score (nSPS) is 14.2. The van der Waals surface area contributed by atoms with E-state index in [1.807, 2.05) is 48.5 Å². The molecule has 8 nitrogen and oxygen atoms in total. The molecule has 1 amide bonds. The summed E-state index contributed by atoms with van der Waals surface area (Å²) in [4.78, 5) is 17.8. The zero-order valence-corrected chi connectivity index (χ0v) is 35.7. The average Bonchev–Trinajstić information content (AvgIpc) is 3.20. The van der Waals surface area contributed by atoms with Crippen molar-refractivity contribution in [1.82, 2.24) is 5.06 Å². The Labute approximate surface area is 337 Å². The van der Waals surface area contributed by atoms with Gasteiger partial charge >= 0.3 is 0 Å². The summed E-state index contributed by atoms with van der Waals surface area (Å²) >= 11 is 0. The molecule has 56 heavy (non-hydrogen) atoms. The van der Waals surface area contributed by atoms with Crippen LogP contribution in [0.15, 0.2) is 121 Å². The fourth-order valence-electron chi connectivity index (χ4n) is 7.42. The lowest BCUT2D eigenvalue weighted by atomic mass is 9.90. The molecular formula is C47H65NO7Si. The number of amides is 1. The van der Waals surface area contributed by atoms with Crippen molar-refractivity contribution in [3.8, 4) is 0 Å². The Kier molecular flexibility index (Phi) is 18.9. The molecule has 0 aliphatic carbocycles. The summed E-state index contributed by atoms with van der Waals surface area (Å²) in [6.45, 7) is 13.1. The molecule has 0 saturated heterocycles. The van der Waals surface area contributed by atoms with Crippen LogP contribution in [0.2, 0.25) is 5.04 Å². The Balaban J connectivity index is 1.47. The van der Waals surface area contributed by atoms with E-state index < -0.39 is 8.32 Å². The van der Waals surface area contributed by atoms with Gasteiger partial charge in [0.2, 0.25) is 5.91 Å². The molecule has 0 fully saturated rings. The molecule has 0 aromatic heterocycles. The number of ether oxygens (including phenoxy) is 4. The SMILES string of the molecule is CON(C)C(=O)C[C@H](C)C[C@H](C[C@H](C)C[C@@H](CCO[Si](c1ccccc1)(c1ccccc1)C(C)(C)C)OCOCc1ccccc1)OCOCc1ccccc1. The Bertz CT molecular complexity index is 1600. The lowest BCUT2D eigenvalue weighted by Crippen LogP contribution is -2.66. The lowest BCUT2D eigenvalue weighted by molar-refractivity contribution is -0.170. The summed E-state index contributed by atoms with van der Waals surface area (Å²) in [7, 11) is 0.436. The van der Waals surface area contributed by atoms with Gasteiger partial charge in [-0.2, -0.15) is 0 Å². The second-order valence-corrected chi connectivity index (χ2v) is 20.3. The van der Waals surface area contributed by atoms with Crippen molar-refractivity contribution in [1.29, 1.82) is 0 Å². The molecule has 0 aliphatic rings. The molecular weight excluding hydrogens is 719 g/mol. The fourth-order valence-corrected chi connectivity index (χ4v) is 12.0. The topological polar surface area (TPSA) is 75.7 Å². The van der Waals surface area contributed by atoms with Crippen molar-refractivity contribution in [3.63, 3.8) is 0 Å². The monoisotopic (exact) mass is 783 g/mol. The number of hydrogen-bond donors (Lipinski definition) is 0. The molecule has 0 spiro atoms. The summed E-state index contributed by atoms with van der Waals surface area (Å²) in [5.74, 6) is 0.271. The maximum Gasteiger partial charge on any atom is 0.261 e. The van der Waals surface area contributed by atoms with Crippen molar-refractivity contribution >= 4 is 24.6 Å². The molecule has 0 aliphatic heterocycles. The zero-order chi connectivity index (χ0) is 40.2. The molecule has 9 heteroatoms. The van der Waals surface area contributed by atoms with Crippen LogP contribution in [0.4, 0.5) is 0 Å². The van der Waals surface area contributed by atoms with Crippen LogP contribution in [0.5, 0.6) is 0 Å². The van der Waals surface area contributed by atoms with Crippen LogP contribution in [-0.4, -0.2) is 65.8 Å². The minimum absolute atomic E-state index is 0.0584. The van der Waals surface area contributed by atoms with E-state index in [-0.39, 0.29) is 48.6 Å². The zero-order valence-electron chi connectivity index (χ0n) is 34.7. The van der Waals surface area contributed by atoms with Crippen LogP contribution in [0.1, 0.15) is 77.8 Å². The molecule has 4 aromatic carbocycles. The third kappa shape index (κ3) is 14.4. The first-order valence-corrected chi connectivity index (χ1v) is 21.9. The predicted octanol–water partition coefficient (Wildman–Crippen LogP) is 8.92. The third-order valence-electron chi connectivity index (χ3n) is 10.3. The second-order valence-electron chi connectivity index (χ2n) is 16.0. The van der Waals surface area contributed by atoms with Gasteiger partial charge in [-0.3, -0.25) is 9.63 Å². The fraction of sp³-hybridized carbons (Fsp3) is 0.468. The number of carbonyl (C=O) groups is 1. The van der Waals surface area contributed by atoms with Crippen molar-refractivity contribution in [3.05, 3.63) is 132 Å². The van der Waals surface area contributed by atoms with Gasteiger partial charge in [-0.1, -0.05) is 156 Å². The van der Waals surface area contributed by atoms with E-state index in [2.05, 4.69) is 107 Å². The van der Waals surface area contributed by atoms with Crippen molar-refractivity contribution in [2.75, 3.05) is 34.4 Å². The third-order valence-corrected chi connectivity index (χ3v) is 15.4. The molecule has 304 valence electrons. The van der Waals surface area contributed by atoms with Gasteiger partial charge in [-0.15, -0.1) is 0 Å². The van der Waals surface area contributed by atoms with Crippen LogP contribution in [-0.2, 0) is 46.2 Å². The van der Waals surface area contributed by atoms with Crippen LogP contribution in [0.25, 0.3) is 0 Å². The molecule has 0 radical (unpaired) electrons. The maximum atomic E-state index is 12.7. The summed E-state index contributed by atoms with van der Waals surface area (Å²) in [5.41, 5.74) is 2.20. The van der Waals surface area contributed by atoms with E-state index in [9.17, 15) is 4.79 Å². The molecule has 0 bridgehead atoms. The minimum Gasteiger partial charge on any atom is -0.407 e. The van der Waals surface area contributed by atoms with Gasteiger partial charge in [0.1, 0.15) is 13.6 Å². The number of carbonyl (C=O) groups excluding carboxylic acids is 1. The highest BCUT2D eigenvalue weighted by Gasteiger charge is 2.50. The summed E-state index contributed by atoms with van der Waals surface area (Å²) in [5, 5.41) is 3.68. The van der Waals surface area contributed by atoms with E-state index in [0.29, 0.717) is 39.1 Å². The number of rotatable bonds is 25. The van der Waals surface area contributed by atoms with Gasteiger partial charge < -0.3 is 23.4 Å². The van der Waals surface area contributed by atoms with Gasteiger partial charge in [-0.25, -0.2) is 5.06 Å². The highest BCUT2D eigenvalue weighted by atomic mass is 28.4. The molecule has 0 saturated carbocycles. The van der Waals surface area contributed by atoms with E-state index in [1.165, 1.54) is 22.5 Å². The van der Waals surface area contributed by atoms with Crippen LogP contribution >= 0.6 is 0 Å². The summed E-state index contributed by atoms with van der Waals surface area (Å²) in [6, 6.07) is 41.8. The Morgan fingerprint density at radius 1 is 0.643 bits per heavy atom. The smallest absolute Gasteiger partial charge is 0.261 e. The lowest BCUT2D eigenvalue weighted by Gasteiger charge is -2.43. The number of nitrogens with zero attached hydrogens (tertiary/aromatic N) is 1. The van der Waals surface area contributed by atoms with E-state index in [4.69, 9.17) is 28.2 Å². The second kappa shape index (κ2) is 23.5. The van der Waals surface area contributed by atoms with E-state index in [0.717, 1.165) is 24.0 Å². The largest absolute Gasteiger partial charge is 0.407 e. The summed E-state index contributed by atoms with van der Waals surface area (Å²) < 4.78 is 32.2. The standard InChI is InChI=1S/C47H65NO7Si/c1-38(31-43(32-39(2)33-46(49)48(6)50-7)54-37-52-35-41-22-14-9-15-23-41)30-42(53-36-51-34-40-20-12-8-13-21-40)28-29-55-56(47(3,4)5,44-24-16-10-17-25-44)45-26-18-11-19-27-45/h8-27,38-39,42-43H,28-37H2,1-7H3/t38-,39-,42-,43+/m1/s1. The molecule has 4 aromatic rings. The first-order valence-electron chi connectivity index (χ1n) is 20.0. The Morgan fingerprint density at radius 3 is 1.54 bits per heavy atom. The highest BCUT2D eigenvalue weighted by Crippen LogP contribution is 2.37. The van der Waals surface area contributed by atoms with Gasteiger partial charge in [0.25, 0.3) is 8.32 Å². The van der Waals surface area contributed by atoms with Crippen LogP contribution in [0.3, 0.4) is 0 Å². The van der Waals surface area contributed by atoms with Gasteiger partial charge in [0.05, 0.1) is 32.5 Å². The first kappa shape index (κ1) is 45.0. The van der Waals surface area contributed by atoms with Gasteiger partial charge in [0, 0.05) is 20.1 Å².